The van der Waals surface area contributed by atoms with Gasteiger partial charge in [0.15, 0.2) is 0 Å². The van der Waals surface area contributed by atoms with Gasteiger partial charge in [-0.05, 0) is 38.8 Å². The van der Waals surface area contributed by atoms with Crippen LogP contribution in [0.25, 0.3) is 0 Å². The Labute approximate surface area is 154 Å². The maximum atomic E-state index is 12.4. The maximum Gasteiger partial charge on any atom is 0.242 e. The Morgan fingerprint density at radius 2 is 1.92 bits per heavy atom. The lowest BCUT2D eigenvalue weighted by atomic mass is 9.97. The Hall–Kier alpha value is -0.370. The van der Waals surface area contributed by atoms with E-state index in [1.54, 1.807) is 0 Å². The van der Waals surface area contributed by atoms with Crippen molar-refractivity contribution in [1.29, 1.82) is 0 Å². The quantitative estimate of drug-likeness (QED) is 0.777. The number of piperidine rings is 1. The SMILES string of the molecule is C[C@@H]1CCC[C@H](C)N1C[C@@H](O)CNS(=O)(=O)c1cccc(Cl)c1Cl. The summed E-state index contributed by atoms with van der Waals surface area (Å²) < 4.78 is 27.1. The van der Waals surface area contributed by atoms with Gasteiger partial charge in [-0.15, -0.1) is 0 Å². The molecule has 0 bridgehead atoms. The van der Waals surface area contributed by atoms with E-state index in [2.05, 4.69) is 23.5 Å². The molecule has 8 heteroatoms. The fraction of sp³-hybridized carbons (Fsp3) is 0.625. The van der Waals surface area contributed by atoms with Crippen LogP contribution in [0.3, 0.4) is 0 Å². The second-order valence-corrected chi connectivity index (χ2v) is 8.90. The molecular formula is C16H24Cl2N2O3S. The van der Waals surface area contributed by atoms with Gasteiger partial charge in [0, 0.05) is 25.2 Å². The molecule has 0 unspecified atom stereocenters. The van der Waals surface area contributed by atoms with Crippen LogP contribution in [-0.4, -0.2) is 49.7 Å². The Morgan fingerprint density at radius 3 is 2.54 bits per heavy atom. The number of likely N-dealkylation sites (tertiary alicyclic amines) is 1. The van der Waals surface area contributed by atoms with Crippen LogP contribution in [0, 0.1) is 0 Å². The predicted molar refractivity (Wildman–Crippen MR) is 97.1 cm³/mol. The fourth-order valence-corrected chi connectivity index (χ4v) is 4.95. The van der Waals surface area contributed by atoms with Crippen molar-refractivity contribution in [2.75, 3.05) is 13.1 Å². The van der Waals surface area contributed by atoms with Gasteiger partial charge in [0.05, 0.1) is 16.1 Å². The van der Waals surface area contributed by atoms with E-state index < -0.39 is 16.1 Å². The second kappa shape index (κ2) is 8.34. The topological polar surface area (TPSA) is 69.6 Å². The molecule has 2 N–H and O–H groups in total. The molecule has 0 spiro atoms. The molecule has 1 aliphatic rings. The summed E-state index contributed by atoms with van der Waals surface area (Å²) in [5, 5.41) is 10.4. The molecule has 0 aromatic heterocycles. The molecule has 2 rings (SSSR count). The van der Waals surface area contributed by atoms with E-state index in [4.69, 9.17) is 23.2 Å². The van der Waals surface area contributed by atoms with Gasteiger partial charge in [0.2, 0.25) is 10.0 Å². The van der Waals surface area contributed by atoms with Gasteiger partial charge in [0.25, 0.3) is 0 Å². The monoisotopic (exact) mass is 394 g/mol. The second-order valence-electron chi connectivity index (χ2n) is 6.38. The summed E-state index contributed by atoms with van der Waals surface area (Å²) in [5.74, 6) is 0. The largest absolute Gasteiger partial charge is 0.390 e. The number of hydrogen-bond donors (Lipinski definition) is 2. The third-order valence-corrected chi connectivity index (χ3v) is 6.91. The van der Waals surface area contributed by atoms with Crippen molar-refractivity contribution in [3.05, 3.63) is 28.2 Å². The summed E-state index contributed by atoms with van der Waals surface area (Å²) in [4.78, 5) is 2.15. The van der Waals surface area contributed by atoms with E-state index >= 15 is 0 Å². The van der Waals surface area contributed by atoms with E-state index in [1.165, 1.54) is 24.6 Å². The first kappa shape index (κ1) is 19.9. The average molecular weight is 395 g/mol. The number of nitrogens with zero attached hydrogens (tertiary/aromatic N) is 1. The van der Waals surface area contributed by atoms with Crippen LogP contribution in [0.1, 0.15) is 33.1 Å². The first-order valence-electron chi connectivity index (χ1n) is 8.10. The van der Waals surface area contributed by atoms with Gasteiger partial charge >= 0.3 is 0 Å². The van der Waals surface area contributed by atoms with Crippen LogP contribution in [0.2, 0.25) is 10.0 Å². The third-order valence-electron chi connectivity index (χ3n) is 4.51. The number of rotatable bonds is 6. The molecule has 5 nitrogen and oxygen atoms in total. The maximum absolute atomic E-state index is 12.4. The van der Waals surface area contributed by atoms with Crippen molar-refractivity contribution >= 4 is 33.2 Å². The highest BCUT2D eigenvalue weighted by Crippen LogP contribution is 2.28. The van der Waals surface area contributed by atoms with E-state index in [1.807, 2.05) is 0 Å². The molecule has 3 atom stereocenters. The molecule has 1 aliphatic heterocycles. The first-order chi connectivity index (χ1) is 11.2. The van der Waals surface area contributed by atoms with E-state index in [-0.39, 0.29) is 21.5 Å². The van der Waals surface area contributed by atoms with E-state index in [9.17, 15) is 13.5 Å². The minimum atomic E-state index is -3.82. The van der Waals surface area contributed by atoms with Crippen LogP contribution in [-0.2, 0) is 10.0 Å². The number of benzene rings is 1. The lowest BCUT2D eigenvalue weighted by Gasteiger charge is -2.40. The van der Waals surface area contributed by atoms with Gasteiger partial charge in [0.1, 0.15) is 4.90 Å². The minimum absolute atomic E-state index is 0.0144. The summed E-state index contributed by atoms with van der Waals surface area (Å²) in [6, 6.07) is 5.22. The van der Waals surface area contributed by atoms with Crippen molar-refractivity contribution in [2.45, 2.75) is 56.2 Å². The van der Waals surface area contributed by atoms with E-state index in [0.29, 0.717) is 18.6 Å². The van der Waals surface area contributed by atoms with Crippen LogP contribution < -0.4 is 4.72 Å². The Kier molecular flexibility index (Phi) is 6.93. The molecule has 0 radical (unpaired) electrons. The van der Waals surface area contributed by atoms with Crippen molar-refractivity contribution in [2.24, 2.45) is 0 Å². The minimum Gasteiger partial charge on any atom is -0.390 e. The zero-order chi connectivity index (χ0) is 17.9. The number of aliphatic hydroxyl groups excluding tert-OH is 1. The number of β-amino-alcohol motifs (C(OH)–C–C–N with tert-alkyl or cyclic N) is 1. The number of nitrogens with one attached hydrogen (secondary N) is 1. The van der Waals surface area contributed by atoms with Crippen LogP contribution in [0.4, 0.5) is 0 Å². The van der Waals surface area contributed by atoms with Crippen molar-refractivity contribution in [1.82, 2.24) is 9.62 Å². The van der Waals surface area contributed by atoms with Crippen LogP contribution in [0.5, 0.6) is 0 Å². The number of sulfonamides is 1. The van der Waals surface area contributed by atoms with Gasteiger partial charge in [-0.1, -0.05) is 35.7 Å². The highest BCUT2D eigenvalue weighted by Gasteiger charge is 2.27. The zero-order valence-electron chi connectivity index (χ0n) is 13.9. The van der Waals surface area contributed by atoms with Crippen molar-refractivity contribution in [3.63, 3.8) is 0 Å². The summed E-state index contributed by atoms with van der Waals surface area (Å²) in [6.07, 6.45) is 2.59. The third kappa shape index (κ3) is 4.84. The molecule has 0 aliphatic carbocycles. The summed E-state index contributed by atoms with van der Waals surface area (Å²) in [7, 11) is -3.82. The Balaban J connectivity index is 1.97. The molecule has 1 heterocycles. The predicted octanol–water partition coefficient (Wildman–Crippen LogP) is 2.90. The summed E-state index contributed by atoms with van der Waals surface area (Å²) in [6.45, 7) is 4.64. The fourth-order valence-electron chi connectivity index (χ4n) is 3.12. The van der Waals surface area contributed by atoms with Gasteiger partial charge in [-0.25, -0.2) is 13.1 Å². The molecule has 0 saturated carbocycles. The molecule has 24 heavy (non-hydrogen) atoms. The first-order valence-corrected chi connectivity index (χ1v) is 10.3. The number of hydrogen-bond acceptors (Lipinski definition) is 4. The van der Waals surface area contributed by atoms with E-state index in [0.717, 1.165) is 12.8 Å². The zero-order valence-corrected chi connectivity index (χ0v) is 16.2. The molecule has 1 aromatic rings. The van der Waals surface area contributed by atoms with Gasteiger partial charge < -0.3 is 5.11 Å². The molecular weight excluding hydrogens is 371 g/mol. The smallest absolute Gasteiger partial charge is 0.242 e. The van der Waals surface area contributed by atoms with Gasteiger partial charge in [-0.2, -0.15) is 0 Å². The number of halogens is 2. The summed E-state index contributed by atoms with van der Waals surface area (Å²) in [5.41, 5.74) is 0. The van der Waals surface area contributed by atoms with Crippen molar-refractivity contribution < 1.29 is 13.5 Å². The lowest BCUT2D eigenvalue weighted by Crippen LogP contribution is -2.49. The average Bonchev–Trinajstić information content (AvgIpc) is 2.52. The van der Waals surface area contributed by atoms with Crippen LogP contribution in [0.15, 0.2) is 23.1 Å². The molecule has 1 saturated heterocycles. The highest BCUT2D eigenvalue weighted by molar-refractivity contribution is 7.89. The number of aliphatic hydroxyl groups is 1. The molecule has 136 valence electrons. The van der Waals surface area contributed by atoms with Crippen LogP contribution >= 0.6 is 23.2 Å². The highest BCUT2D eigenvalue weighted by atomic mass is 35.5. The standard InChI is InChI=1S/C16H24Cl2N2O3S/c1-11-5-3-6-12(2)20(11)10-13(21)9-19-24(22,23)15-8-4-7-14(17)16(15)18/h4,7-8,11-13,19,21H,3,5-6,9-10H2,1-2H3/t11-,12+,13-/m0/s1. The molecule has 1 fully saturated rings. The Morgan fingerprint density at radius 1 is 1.29 bits per heavy atom. The molecule has 1 aromatic carbocycles. The lowest BCUT2D eigenvalue weighted by molar-refractivity contribution is 0.0438. The Bertz CT molecular complexity index is 659. The van der Waals surface area contributed by atoms with Crippen molar-refractivity contribution in [3.8, 4) is 0 Å². The molecule has 0 amide bonds. The normalized spacial score (nSPS) is 24.0. The van der Waals surface area contributed by atoms with Gasteiger partial charge in [-0.3, -0.25) is 4.90 Å². The summed E-state index contributed by atoms with van der Waals surface area (Å²) >= 11 is 11.8.